The van der Waals surface area contributed by atoms with Crippen LogP contribution in [0.4, 0.5) is 5.69 Å². The van der Waals surface area contributed by atoms with Gasteiger partial charge in [-0.2, -0.15) is 4.98 Å². The molecular weight excluding hydrogens is 328 g/mol. The van der Waals surface area contributed by atoms with Crippen LogP contribution in [0.2, 0.25) is 5.02 Å². The predicted octanol–water partition coefficient (Wildman–Crippen LogP) is 1.03. The standard InChI is InChI=1S/C13H11ClN4O5/c14-9-3-1-8(2-4-9)5-15-10(19)6-23-13-11(18(21)22)12(20)16-7-17-13/h1-4,7H,5-6H2,(H,15,19)(H,16,17,20). The van der Waals surface area contributed by atoms with E-state index in [0.717, 1.165) is 11.9 Å². The second-order valence-electron chi connectivity index (χ2n) is 4.33. The van der Waals surface area contributed by atoms with Crippen LogP contribution in [0.5, 0.6) is 5.88 Å². The Morgan fingerprint density at radius 2 is 2.09 bits per heavy atom. The van der Waals surface area contributed by atoms with Gasteiger partial charge in [-0.25, -0.2) is 0 Å². The summed E-state index contributed by atoms with van der Waals surface area (Å²) in [5, 5.41) is 13.9. The molecule has 120 valence electrons. The van der Waals surface area contributed by atoms with E-state index in [4.69, 9.17) is 16.3 Å². The van der Waals surface area contributed by atoms with Gasteiger partial charge in [0.1, 0.15) is 0 Å². The second kappa shape index (κ2) is 7.36. The number of rotatable bonds is 6. The molecule has 1 aromatic heterocycles. The van der Waals surface area contributed by atoms with Crippen LogP contribution in [-0.4, -0.2) is 27.4 Å². The molecule has 0 fully saturated rings. The number of carbonyl (C=O) groups excluding carboxylic acids is 1. The summed E-state index contributed by atoms with van der Waals surface area (Å²) in [5.74, 6) is -1.03. The van der Waals surface area contributed by atoms with Crippen molar-refractivity contribution in [2.75, 3.05) is 6.61 Å². The number of aromatic amines is 1. The third-order valence-electron chi connectivity index (χ3n) is 2.72. The van der Waals surface area contributed by atoms with E-state index in [0.29, 0.717) is 5.02 Å². The molecule has 0 aliphatic heterocycles. The van der Waals surface area contributed by atoms with Gasteiger partial charge >= 0.3 is 17.1 Å². The monoisotopic (exact) mass is 338 g/mol. The van der Waals surface area contributed by atoms with Gasteiger partial charge < -0.3 is 15.0 Å². The number of aromatic nitrogens is 2. The van der Waals surface area contributed by atoms with Crippen molar-refractivity contribution in [2.45, 2.75) is 6.54 Å². The van der Waals surface area contributed by atoms with E-state index < -0.39 is 34.6 Å². The van der Waals surface area contributed by atoms with Crippen LogP contribution in [0, 0.1) is 10.1 Å². The zero-order chi connectivity index (χ0) is 16.8. The Morgan fingerprint density at radius 3 is 2.74 bits per heavy atom. The summed E-state index contributed by atoms with van der Waals surface area (Å²) in [6, 6.07) is 6.85. The maximum Gasteiger partial charge on any atom is 0.395 e. The zero-order valence-corrected chi connectivity index (χ0v) is 12.4. The lowest BCUT2D eigenvalue weighted by Gasteiger charge is -2.07. The predicted molar refractivity (Wildman–Crippen MR) is 80.3 cm³/mol. The summed E-state index contributed by atoms with van der Waals surface area (Å²) >= 11 is 5.75. The highest BCUT2D eigenvalue weighted by molar-refractivity contribution is 6.30. The number of benzene rings is 1. The number of carbonyl (C=O) groups is 1. The summed E-state index contributed by atoms with van der Waals surface area (Å²) in [4.78, 5) is 38.5. The van der Waals surface area contributed by atoms with E-state index in [1.54, 1.807) is 24.3 Å². The topological polar surface area (TPSA) is 127 Å². The summed E-state index contributed by atoms with van der Waals surface area (Å²) < 4.78 is 4.94. The van der Waals surface area contributed by atoms with Gasteiger partial charge in [0.05, 0.1) is 11.3 Å². The molecule has 2 rings (SSSR count). The molecule has 0 saturated heterocycles. The van der Waals surface area contributed by atoms with Crippen molar-refractivity contribution in [3.63, 3.8) is 0 Å². The third-order valence-corrected chi connectivity index (χ3v) is 2.97. The first-order valence-corrected chi connectivity index (χ1v) is 6.71. The van der Waals surface area contributed by atoms with E-state index in [1.165, 1.54) is 0 Å². The maximum atomic E-state index is 11.7. The van der Waals surface area contributed by atoms with Gasteiger partial charge in [0, 0.05) is 11.6 Å². The van der Waals surface area contributed by atoms with Gasteiger partial charge in [-0.15, -0.1) is 0 Å². The van der Waals surface area contributed by atoms with Gasteiger partial charge in [-0.05, 0) is 17.7 Å². The lowest BCUT2D eigenvalue weighted by Crippen LogP contribution is -2.29. The summed E-state index contributed by atoms with van der Waals surface area (Å²) in [5.41, 5.74) is -0.984. The average molecular weight is 339 g/mol. The van der Waals surface area contributed by atoms with Gasteiger partial charge in [-0.1, -0.05) is 23.7 Å². The van der Waals surface area contributed by atoms with E-state index in [2.05, 4.69) is 15.3 Å². The van der Waals surface area contributed by atoms with Crippen molar-refractivity contribution in [3.8, 4) is 5.88 Å². The van der Waals surface area contributed by atoms with Gasteiger partial charge in [-0.3, -0.25) is 19.7 Å². The average Bonchev–Trinajstić information content (AvgIpc) is 2.52. The van der Waals surface area contributed by atoms with Crippen molar-refractivity contribution in [1.29, 1.82) is 0 Å². The lowest BCUT2D eigenvalue weighted by atomic mass is 10.2. The number of H-pyrrole nitrogens is 1. The zero-order valence-electron chi connectivity index (χ0n) is 11.6. The molecule has 0 saturated carbocycles. The van der Waals surface area contributed by atoms with Crippen molar-refractivity contribution >= 4 is 23.2 Å². The Morgan fingerprint density at radius 1 is 1.39 bits per heavy atom. The van der Waals surface area contributed by atoms with Gasteiger partial charge in [0.15, 0.2) is 6.61 Å². The molecule has 0 atom stereocenters. The number of nitro groups is 1. The number of hydrogen-bond acceptors (Lipinski definition) is 6. The van der Waals surface area contributed by atoms with Crippen LogP contribution in [0.25, 0.3) is 0 Å². The molecule has 1 heterocycles. The SMILES string of the molecule is O=C(COc1nc[nH]c(=O)c1[N+](=O)[O-])NCc1ccc(Cl)cc1. The minimum atomic E-state index is -0.957. The fraction of sp³-hybridized carbons (Fsp3) is 0.154. The van der Waals surface area contributed by atoms with Crippen molar-refractivity contribution < 1.29 is 14.5 Å². The third kappa shape index (κ3) is 4.51. The molecule has 0 spiro atoms. The van der Waals surface area contributed by atoms with E-state index >= 15 is 0 Å². The summed E-state index contributed by atoms with van der Waals surface area (Å²) in [7, 11) is 0. The lowest BCUT2D eigenvalue weighted by molar-refractivity contribution is -0.387. The first kappa shape index (κ1) is 16.4. The van der Waals surface area contributed by atoms with Gasteiger partial charge in [0.25, 0.3) is 5.91 Å². The highest BCUT2D eigenvalue weighted by Gasteiger charge is 2.22. The molecule has 1 amide bonds. The van der Waals surface area contributed by atoms with Crippen LogP contribution >= 0.6 is 11.6 Å². The minimum Gasteiger partial charge on any atom is -0.463 e. The molecule has 10 heteroatoms. The first-order chi connectivity index (χ1) is 11.0. The minimum absolute atomic E-state index is 0.240. The number of halogens is 1. The molecule has 2 aromatic rings. The van der Waals surface area contributed by atoms with E-state index in [1.807, 2.05) is 0 Å². The fourth-order valence-electron chi connectivity index (χ4n) is 1.63. The fourth-order valence-corrected chi connectivity index (χ4v) is 1.76. The number of ether oxygens (including phenoxy) is 1. The van der Waals surface area contributed by atoms with Crippen LogP contribution in [-0.2, 0) is 11.3 Å². The number of nitrogens with zero attached hydrogens (tertiary/aromatic N) is 2. The molecule has 0 bridgehead atoms. The van der Waals surface area contributed by atoms with Crippen LogP contribution in [0.1, 0.15) is 5.56 Å². The summed E-state index contributed by atoms with van der Waals surface area (Å²) in [6.07, 6.45) is 0.955. The van der Waals surface area contributed by atoms with Crippen LogP contribution in [0.3, 0.4) is 0 Å². The largest absolute Gasteiger partial charge is 0.463 e. The van der Waals surface area contributed by atoms with Crippen molar-refractivity contribution in [1.82, 2.24) is 15.3 Å². The Labute approximate surface area is 134 Å². The van der Waals surface area contributed by atoms with Crippen molar-refractivity contribution in [2.24, 2.45) is 0 Å². The number of amides is 1. The van der Waals surface area contributed by atoms with Crippen molar-refractivity contribution in [3.05, 3.63) is 61.6 Å². The maximum absolute atomic E-state index is 11.7. The number of hydrogen-bond donors (Lipinski definition) is 2. The number of nitrogens with one attached hydrogen (secondary N) is 2. The molecule has 23 heavy (non-hydrogen) atoms. The van der Waals surface area contributed by atoms with Gasteiger partial charge in [0.2, 0.25) is 0 Å². The Kier molecular flexibility index (Phi) is 5.26. The van der Waals surface area contributed by atoms with Crippen LogP contribution in [0.15, 0.2) is 35.4 Å². The normalized spacial score (nSPS) is 10.1. The molecule has 1 aromatic carbocycles. The molecule has 2 N–H and O–H groups in total. The van der Waals surface area contributed by atoms with E-state index in [9.17, 15) is 19.7 Å². The van der Waals surface area contributed by atoms with E-state index in [-0.39, 0.29) is 6.54 Å². The Balaban J connectivity index is 1.92. The Bertz CT molecular complexity index is 775. The molecule has 0 radical (unpaired) electrons. The summed E-state index contributed by atoms with van der Waals surface area (Å²) in [6.45, 7) is -0.269. The highest BCUT2D eigenvalue weighted by Crippen LogP contribution is 2.17. The molecule has 0 aliphatic carbocycles. The smallest absolute Gasteiger partial charge is 0.395 e. The highest BCUT2D eigenvalue weighted by atomic mass is 35.5. The molecule has 0 unspecified atom stereocenters. The molecule has 9 nitrogen and oxygen atoms in total. The quantitative estimate of drug-likeness (QED) is 0.598. The Hall–Kier alpha value is -2.94. The molecule has 0 aliphatic rings. The molecular formula is C13H11ClN4O5. The first-order valence-electron chi connectivity index (χ1n) is 6.33. The van der Waals surface area contributed by atoms with Crippen LogP contribution < -0.4 is 15.6 Å². The second-order valence-corrected chi connectivity index (χ2v) is 4.77.